The maximum atomic E-state index is 6.38. The topological polar surface area (TPSA) is 73.5 Å². The van der Waals surface area contributed by atoms with E-state index in [4.69, 9.17) is 5.73 Å². The number of hydrogen-bond acceptors (Lipinski definition) is 7. The molecule has 2 aliphatic heterocycles. The molecular formula is C31H39N7. The van der Waals surface area contributed by atoms with Gasteiger partial charge in [0.1, 0.15) is 0 Å². The second-order valence-electron chi connectivity index (χ2n) is 10.6. The predicted octanol–water partition coefficient (Wildman–Crippen LogP) is 4.71. The molecule has 198 valence electrons. The average molecular weight is 510 g/mol. The molecule has 5 rings (SSSR count). The number of rotatable bonds is 9. The van der Waals surface area contributed by atoms with Gasteiger partial charge in [-0.05, 0) is 80.0 Å². The van der Waals surface area contributed by atoms with Crippen molar-refractivity contribution in [3.05, 3.63) is 90.7 Å². The summed E-state index contributed by atoms with van der Waals surface area (Å²) in [6, 6.07) is 12.4. The van der Waals surface area contributed by atoms with Crippen LogP contribution in [0.4, 0.5) is 11.4 Å². The molecule has 0 radical (unpaired) electrons. The number of likely N-dealkylation sites (tertiary alicyclic amines) is 1. The first kappa shape index (κ1) is 26.1. The van der Waals surface area contributed by atoms with E-state index in [1.54, 1.807) is 0 Å². The number of piperazine rings is 1. The van der Waals surface area contributed by atoms with Crippen LogP contribution in [-0.2, 0) is 13.1 Å². The quantitative estimate of drug-likeness (QED) is 0.320. The third kappa shape index (κ3) is 6.48. The van der Waals surface area contributed by atoms with Gasteiger partial charge in [0.2, 0.25) is 0 Å². The van der Waals surface area contributed by atoms with Crippen molar-refractivity contribution in [3.63, 3.8) is 0 Å². The Kier molecular flexibility index (Phi) is 8.17. The summed E-state index contributed by atoms with van der Waals surface area (Å²) in [6.07, 6.45) is 8.31. The van der Waals surface area contributed by atoms with Crippen LogP contribution in [0.5, 0.6) is 0 Å². The van der Waals surface area contributed by atoms with E-state index in [-0.39, 0.29) is 0 Å². The molecule has 7 nitrogen and oxygen atoms in total. The zero-order chi connectivity index (χ0) is 26.5. The molecule has 7 heteroatoms. The molecule has 0 atom stereocenters. The van der Waals surface area contributed by atoms with Gasteiger partial charge in [0, 0.05) is 74.2 Å². The Hall–Kier alpha value is -3.52. The molecule has 3 aromatic rings. The van der Waals surface area contributed by atoms with E-state index in [1.807, 2.05) is 36.8 Å². The Morgan fingerprint density at radius 2 is 1.63 bits per heavy atom. The summed E-state index contributed by atoms with van der Waals surface area (Å²) in [5.41, 5.74) is 14.7. The van der Waals surface area contributed by atoms with E-state index in [9.17, 15) is 0 Å². The molecule has 1 aromatic carbocycles. The van der Waals surface area contributed by atoms with E-state index in [0.29, 0.717) is 11.4 Å². The maximum absolute atomic E-state index is 6.38. The van der Waals surface area contributed by atoms with Crippen LogP contribution >= 0.6 is 0 Å². The van der Waals surface area contributed by atoms with Gasteiger partial charge in [0.15, 0.2) is 0 Å². The minimum Gasteiger partial charge on any atom is -0.398 e. The Labute approximate surface area is 226 Å². The van der Waals surface area contributed by atoms with E-state index in [1.165, 1.54) is 31.5 Å². The van der Waals surface area contributed by atoms with Crippen LogP contribution < -0.4 is 11.1 Å². The Morgan fingerprint density at radius 3 is 2.37 bits per heavy atom. The van der Waals surface area contributed by atoms with Crippen molar-refractivity contribution in [1.29, 1.82) is 0 Å². The van der Waals surface area contributed by atoms with Gasteiger partial charge in [-0.25, -0.2) is 0 Å². The lowest BCUT2D eigenvalue weighted by atomic mass is 9.97. The summed E-state index contributed by atoms with van der Waals surface area (Å²) < 4.78 is 0. The molecule has 2 aliphatic rings. The van der Waals surface area contributed by atoms with Crippen molar-refractivity contribution >= 4 is 16.9 Å². The number of nitrogens with two attached hydrogens (primary N) is 1. The number of aromatic nitrogens is 2. The molecule has 0 saturated carbocycles. The number of anilines is 2. The normalized spacial score (nSPS) is 17.0. The largest absolute Gasteiger partial charge is 0.398 e. The summed E-state index contributed by atoms with van der Waals surface area (Å²) in [5, 5.41) is 3.36. The maximum Gasteiger partial charge on any atom is 0.0570 e. The first-order valence-corrected chi connectivity index (χ1v) is 13.5. The monoisotopic (exact) mass is 509 g/mol. The van der Waals surface area contributed by atoms with Gasteiger partial charge in [-0.2, -0.15) is 0 Å². The second kappa shape index (κ2) is 11.9. The van der Waals surface area contributed by atoms with E-state index in [2.05, 4.69) is 68.4 Å². The SMILES string of the molecule is C=C(Nc1ccc(CN2CCN(C)CC2)nc1)C(=C)c1cc(-c2cncc(CN3CCCC3)c2)ccc1N. The number of allylic oxidation sites excluding steroid dienone is 1. The van der Waals surface area contributed by atoms with Crippen LogP contribution in [0.2, 0.25) is 0 Å². The Bertz CT molecular complexity index is 1270. The van der Waals surface area contributed by atoms with Crippen molar-refractivity contribution in [1.82, 2.24) is 24.7 Å². The molecule has 2 saturated heterocycles. The standard InChI is InChI=1S/C31H39N7/c1-23(24(2)35-28-7-8-29(34-20-28)22-38-14-12-36(3)13-15-38)30-17-26(6-9-31(30)32)27-16-25(18-33-19-27)21-37-10-4-5-11-37/h6-9,16-20,35H,1-2,4-5,10-15,21-22,32H2,3H3. The highest BCUT2D eigenvalue weighted by Gasteiger charge is 2.16. The lowest BCUT2D eigenvalue weighted by Crippen LogP contribution is -2.43. The van der Waals surface area contributed by atoms with Crippen LogP contribution in [0.15, 0.2) is 73.8 Å². The minimum atomic E-state index is 0.670. The highest BCUT2D eigenvalue weighted by molar-refractivity contribution is 5.87. The van der Waals surface area contributed by atoms with Crippen LogP contribution in [0.25, 0.3) is 16.7 Å². The van der Waals surface area contributed by atoms with Crippen molar-refractivity contribution in [2.45, 2.75) is 25.9 Å². The fraction of sp³-hybridized carbons (Fsp3) is 0.355. The molecule has 0 bridgehead atoms. The van der Waals surface area contributed by atoms with Gasteiger partial charge in [0.25, 0.3) is 0 Å². The number of nitrogens with one attached hydrogen (secondary N) is 1. The van der Waals surface area contributed by atoms with Crippen molar-refractivity contribution < 1.29 is 0 Å². The first-order chi connectivity index (χ1) is 18.4. The molecule has 0 spiro atoms. The summed E-state index contributed by atoms with van der Waals surface area (Å²) in [6.45, 7) is 17.1. The number of benzene rings is 1. The van der Waals surface area contributed by atoms with E-state index >= 15 is 0 Å². The fourth-order valence-electron chi connectivity index (χ4n) is 5.17. The number of nitrogens with zero attached hydrogens (tertiary/aromatic N) is 5. The highest BCUT2D eigenvalue weighted by Crippen LogP contribution is 2.31. The summed E-state index contributed by atoms with van der Waals surface area (Å²) >= 11 is 0. The number of hydrogen-bond donors (Lipinski definition) is 2. The Balaban J connectivity index is 1.24. The lowest BCUT2D eigenvalue weighted by Gasteiger charge is -2.32. The van der Waals surface area contributed by atoms with Gasteiger partial charge in [-0.3, -0.25) is 19.8 Å². The molecule has 2 aromatic heterocycles. The van der Waals surface area contributed by atoms with Gasteiger partial charge in [0.05, 0.1) is 17.6 Å². The smallest absolute Gasteiger partial charge is 0.0570 e. The summed E-state index contributed by atoms with van der Waals surface area (Å²) in [7, 11) is 2.17. The number of nitrogen functional groups attached to an aromatic ring is 1. The van der Waals surface area contributed by atoms with E-state index < -0.39 is 0 Å². The molecular weight excluding hydrogens is 470 g/mol. The van der Waals surface area contributed by atoms with Crippen molar-refractivity contribution in [2.24, 2.45) is 0 Å². The van der Waals surface area contributed by atoms with Crippen LogP contribution in [0.1, 0.15) is 29.7 Å². The predicted molar refractivity (Wildman–Crippen MR) is 157 cm³/mol. The summed E-state index contributed by atoms with van der Waals surface area (Å²) in [5.74, 6) is 0. The van der Waals surface area contributed by atoms with Crippen LogP contribution in [-0.4, -0.2) is 71.0 Å². The Morgan fingerprint density at radius 1 is 0.868 bits per heavy atom. The first-order valence-electron chi connectivity index (χ1n) is 13.5. The van der Waals surface area contributed by atoms with Gasteiger partial charge in [-0.15, -0.1) is 0 Å². The molecule has 0 aliphatic carbocycles. The second-order valence-corrected chi connectivity index (χ2v) is 10.6. The molecule has 0 amide bonds. The number of pyridine rings is 2. The molecule has 2 fully saturated rings. The average Bonchev–Trinajstić information content (AvgIpc) is 3.44. The van der Waals surface area contributed by atoms with Gasteiger partial charge in [-0.1, -0.05) is 19.2 Å². The lowest BCUT2D eigenvalue weighted by molar-refractivity contribution is 0.147. The summed E-state index contributed by atoms with van der Waals surface area (Å²) in [4.78, 5) is 16.5. The van der Waals surface area contributed by atoms with Gasteiger partial charge < -0.3 is 16.0 Å². The minimum absolute atomic E-state index is 0.670. The molecule has 4 heterocycles. The van der Waals surface area contributed by atoms with E-state index in [0.717, 1.165) is 72.9 Å². The van der Waals surface area contributed by atoms with Crippen molar-refractivity contribution in [2.75, 3.05) is 57.4 Å². The third-order valence-electron chi connectivity index (χ3n) is 7.58. The van der Waals surface area contributed by atoms with Crippen LogP contribution in [0, 0.1) is 0 Å². The zero-order valence-corrected chi connectivity index (χ0v) is 22.5. The number of likely N-dealkylation sites (N-methyl/N-ethyl adjacent to an activating group) is 1. The molecule has 0 unspecified atom stereocenters. The van der Waals surface area contributed by atoms with Gasteiger partial charge >= 0.3 is 0 Å². The van der Waals surface area contributed by atoms with Crippen LogP contribution in [0.3, 0.4) is 0 Å². The fourth-order valence-corrected chi connectivity index (χ4v) is 5.17. The third-order valence-corrected chi connectivity index (χ3v) is 7.58. The molecule has 3 N–H and O–H groups in total. The van der Waals surface area contributed by atoms with Crippen molar-refractivity contribution in [3.8, 4) is 11.1 Å². The zero-order valence-electron chi connectivity index (χ0n) is 22.5. The molecule has 38 heavy (non-hydrogen) atoms. The highest BCUT2D eigenvalue weighted by atomic mass is 15.2.